The number of anilines is 2. The Morgan fingerprint density at radius 1 is 0.905 bits per heavy atom. The lowest BCUT2D eigenvalue weighted by Gasteiger charge is -2.44. The fourth-order valence-electron chi connectivity index (χ4n) is 3.26. The third kappa shape index (κ3) is 2.32. The number of allylic oxidation sites excluding steroid dienone is 1. The summed E-state index contributed by atoms with van der Waals surface area (Å²) in [5.74, 6) is 0. The van der Waals surface area contributed by atoms with Gasteiger partial charge in [0.15, 0.2) is 0 Å². The molecule has 108 valence electrons. The van der Waals surface area contributed by atoms with Gasteiger partial charge in [0.1, 0.15) is 0 Å². The normalized spacial score (nSPS) is 16.4. The first kappa shape index (κ1) is 14.4. The van der Waals surface area contributed by atoms with Crippen LogP contribution in [0.4, 0.5) is 11.4 Å². The van der Waals surface area contributed by atoms with Gasteiger partial charge in [-0.3, -0.25) is 0 Å². The molecule has 21 heavy (non-hydrogen) atoms. The topological polar surface area (TPSA) is 3.24 Å². The van der Waals surface area contributed by atoms with E-state index in [0.717, 1.165) is 4.47 Å². The minimum Gasteiger partial charge on any atom is -0.332 e. The molecule has 1 aliphatic heterocycles. The maximum Gasteiger partial charge on any atom is 0.0583 e. The van der Waals surface area contributed by atoms with Crippen molar-refractivity contribution in [1.29, 1.82) is 0 Å². The van der Waals surface area contributed by atoms with E-state index in [1.807, 2.05) is 0 Å². The van der Waals surface area contributed by atoms with Crippen molar-refractivity contribution < 1.29 is 0 Å². The molecule has 0 radical (unpaired) electrons. The molecule has 0 unspecified atom stereocenters. The molecule has 0 atom stereocenters. The Morgan fingerprint density at radius 3 is 2.33 bits per heavy atom. The number of halogens is 1. The Balaban J connectivity index is 2.28. The van der Waals surface area contributed by atoms with Crippen LogP contribution < -0.4 is 4.90 Å². The molecule has 0 spiro atoms. The summed E-state index contributed by atoms with van der Waals surface area (Å²) in [5, 5.41) is 0. The Labute approximate surface area is 135 Å². The van der Waals surface area contributed by atoms with Crippen molar-refractivity contribution in [2.45, 2.75) is 33.2 Å². The molecule has 2 heteroatoms. The summed E-state index contributed by atoms with van der Waals surface area (Å²) in [6.07, 6.45) is 2.36. The van der Waals surface area contributed by atoms with Gasteiger partial charge in [-0.2, -0.15) is 0 Å². The SMILES string of the molecule is CC1=CC(C)(C)N(c2cccc(Br)c2C)c2ccccc21. The predicted octanol–water partition coefficient (Wildman–Crippen LogP) is 6.09. The second-order valence-electron chi connectivity index (χ2n) is 6.22. The lowest BCUT2D eigenvalue weighted by Crippen LogP contribution is -2.41. The standard InChI is InChI=1S/C19H20BrN/c1-13-12-19(3,4)21(18-10-6-5-8-15(13)18)17-11-7-9-16(20)14(17)2/h5-12H,1-4H3. The smallest absolute Gasteiger partial charge is 0.0583 e. The lowest BCUT2D eigenvalue weighted by atomic mass is 9.88. The fourth-order valence-corrected chi connectivity index (χ4v) is 3.62. The number of para-hydroxylation sites is 1. The lowest BCUT2D eigenvalue weighted by molar-refractivity contribution is 0.621. The monoisotopic (exact) mass is 341 g/mol. The molecule has 0 aromatic heterocycles. The maximum atomic E-state index is 3.66. The zero-order valence-corrected chi connectivity index (χ0v) is 14.5. The van der Waals surface area contributed by atoms with Crippen molar-refractivity contribution in [3.05, 3.63) is 64.1 Å². The molecule has 0 fully saturated rings. The molecule has 0 N–H and O–H groups in total. The van der Waals surface area contributed by atoms with E-state index in [-0.39, 0.29) is 5.54 Å². The highest BCUT2D eigenvalue weighted by Crippen LogP contribution is 2.45. The van der Waals surface area contributed by atoms with E-state index in [9.17, 15) is 0 Å². The number of rotatable bonds is 1. The minimum absolute atomic E-state index is 0.0516. The van der Waals surface area contributed by atoms with Crippen LogP contribution in [0, 0.1) is 6.92 Å². The molecule has 0 saturated heterocycles. The van der Waals surface area contributed by atoms with E-state index in [0.29, 0.717) is 0 Å². The number of fused-ring (bicyclic) bond motifs is 1. The van der Waals surface area contributed by atoms with Crippen LogP contribution in [0.5, 0.6) is 0 Å². The Morgan fingerprint density at radius 2 is 1.57 bits per heavy atom. The van der Waals surface area contributed by atoms with E-state index in [2.05, 4.69) is 97.1 Å². The first-order valence-corrected chi connectivity index (χ1v) is 8.05. The molecule has 0 saturated carbocycles. The van der Waals surface area contributed by atoms with Gasteiger partial charge in [-0.1, -0.05) is 46.3 Å². The highest BCUT2D eigenvalue weighted by Gasteiger charge is 2.33. The zero-order valence-electron chi connectivity index (χ0n) is 12.9. The van der Waals surface area contributed by atoms with Crippen LogP contribution in [0.2, 0.25) is 0 Å². The summed E-state index contributed by atoms with van der Waals surface area (Å²) in [7, 11) is 0. The van der Waals surface area contributed by atoms with Gasteiger partial charge in [0.25, 0.3) is 0 Å². The summed E-state index contributed by atoms with van der Waals surface area (Å²) >= 11 is 3.66. The van der Waals surface area contributed by atoms with Gasteiger partial charge in [-0.05, 0) is 57.0 Å². The number of nitrogens with zero attached hydrogens (tertiary/aromatic N) is 1. The number of benzene rings is 2. The van der Waals surface area contributed by atoms with Crippen LogP contribution >= 0.6 is 15.9 Å². The van der Waals surface area contributed by atoms with E-state index in [1.54, 1.807) is 0 Å². The molecule has 2 aromatic rings. The summed E-state index contributed by atoms with van der Waals surface area (Å²) in [4.78, 5) is 2.44. The van der Waals surface area contributed by atoms with Gasteiger partial charge in [0.05, 0.1) is 5.54 Å². The largest absolute Gasteiger partial charge is 0.332 e. The van der Waals surface area contributed by atoms with Crippen LogP contribution in [0.3, 0.4) is 0 Å². The maximum absolute atomic E-state index is 3.66. The van der Waals surface area contributed by atoms with Crippen molar-refractivity contribution in [3.63, 3.8) is 0 Å². The molecule has 2 aromatic carbocycles. The highest BCUT2D eigenvalue weighted by atomic mass is 79.9. The molecule has 0 aliphatic carbocycles. The van der Waals surface area contributed by atoms with Crippen molar-refractivity contribution >= 4 is 32.9 Å². The van der Waals surface area contributed by atoms with Gasteiger partial charge in [0, 0.05) is 21.4 Å². The fraction of sp³-hybridized carbons (Fsp3) is 0.263. The first-order valence-electron chi connectivity index (χ1n) is 7.26. The van der Waals surface area contributed by atoms with Crippen molar-refractivity contribution in [1.82, 2.24) is 0 Å². The molecular weight excluding hydrogens is 322 g/mol. The quantitative estimate of drug-likeness (QED) is 0.606. The molecule has 3 rings (SSSR count). The van der Waals surface area contributed by atoms with Crippen LogP contribution in [-0.2, 0) is 0 Å². The van der Waals surface area contributed by atoms with Crippen LogP contribution in [0.1, 0.15) is 31.9 Å². The van der Waals surface area contributed by atoms with Crippen molar-refractivity contribution in [2.75, 3.05) is 4.90 Å². The molecule has 1 nitrogen and oxygen atoms in total. The van der Waals surface area contributed by atoms with Crippen LogP contribution in [-0.4, -0.2) is 5.54 Å². The van der Waals surface area contributed by atoms with Gasteiger partial charge in [-0.15, -0.1) is 0 Å². The summed E-state index contributed by atoms with van der Waals surface area (Å²) in [5.41, 5.74) is 6.42. The Hall–Kier alpha value is -1.54. The number of hydrogen-bond donors (Lipinski definition) is 0. The summed E-state index contributed by atoms with van der Waals surface area (Å²) in [6, 6.07) is 15.1. The third-order valence-corrected chi connectivity index (χ3v) is 5.05. The molecule has 1 heterocycles. The zero-order chi connectivity index (χ0) is 15.2. The van der Waals surface area contributed by atoms with E-state index in [1.165, 1.54) is 28.1 Å². The highest BCUT2D eigenvalue weighted by molar-refractivity contribution is 9.10. The third-order valence-electron chi connectivity index (χ3n) is 4.20. The van der Waals surface area contributed by atoms with Crippen molar-refractivity contribution in [3.8, 4) is 0 Å². The minimum atomic E-state index is -0.0516. The Bertz CT molecular complexity index is 728. The average molecular weight is 342 g/mol. The first-order chi connectivity index (χ1) is 9.92. The Kier molecular flexibility index (Phi) is 3.45. The predicted molar refractivity (Wildman–Crippen MR) is 95.2 cm³/mol. The van der Waals surface area contributed by atoms with E-state index >= 15 is 0 Å². The van der Waals surface area contributed by atoms with Gasteiger partial charge in [0.2, 0.25) is 0 Å². The van der Waals surface area contributed by atoms with Gasteiger partial charge in [-0.25, -0.2) is 0 Å². The van der Waals surface area contributed by atoms with Gasteiger partial charge >= 0.3 is 0 Å². The second kappa shape index (κ2) is 5.03. The van der Waals surface area contributed by atoms with E-state index in [4.69, 9.17) is 0 Å². The molecule has 0 amide bonds. The summed E-state index contributed by atoms with van der Waals surface area (Å²) in [6.45, 7) is 8.91. The second-order valence-corrected chi connectivity index (χ2v) is 7.07. The van der Waals surface area contributed by atoms with Gasteiger partial charge < -0.3 is 4.90 Å². The molecule has 0 bridgehead atoms. The van der Waals surface area contributed by atoms with Crippen LogP contribution in [0.25, 0.3) is 5.57 Å². The average Bonchev–Trinajstić information content (AvgIpc) is 2.42. The van der Waals surface area contributed by atoms with E-state index < -0.39 is 0 Å². The molecule has 1 aliphatic rings. The summed E-state index contributed by atoms with van der Waals surface area (Å²) < 4.78 is 1.15. The molecular formula is C19H20BrN. The van der Waals surface area contributed by atoms with Crippen LogP contribution in [0.15, 0.2) is 53.0 Å². The van der Waals surface area contributed by atoms with Crippen molar-refractivity contribution in [2.24, 2.45) is 0 Å². The number of hydrogen-bond acceptors (Lipinski definition) is 1.